The van der Waals surface area contributed by atoms with Gasteiger partial charge in [-0.15, -0.1) is 0 Å². The van der Waals surface area contributed by atoms with Gasteiger partial charge in [-0.3, -0.25) is 9.69 Å². The van der Waals surface area contributed by atoms with Gasteiger partial charge in [-0.05, 0) is 31.5 Å². The van der Waals surface area contributed by atoms with E-state index in [0.717, 1.165) is 38.9 Å². The Morgan fingerprint density at radius 3 is 2.53 bits per heavy atom. The minimum Gasteiger partial charge on any atom is -0.469 e. The van der Waals surface area contributed by atoms with Crippen LogP contribution in [-0.4, -0.2) is 31.1 Å². The van der Waals surface area contributed by atoms with Gasteiger partial charge in [0.25, 0.3) is 0 Å². The summed E-state index contributed by atoms with van der Waals surface area (Å²) < 4.78 is 4.63. The first-order chi connectivity index (χ1) is 9.26. The molecule has 3 heteroatoms. The molecule has 3 nitrogen and oxygen atoms in total. The van der Waals surface area contributed by atoms with E-state index < -0.39 is 0 Å². The van der Waals surface area contributed by atoms with Gasteiger partial charge >= 0.3 is 5.97 Å². The maximum Gasteiger partial charge on any atom is 0.305 e. The van der Waals surface area contributed by atoms with Crippen LogP contribution in [0.1, 0.15) is 38.2 Å². The van der Waals surface area contributed by atoms with E-state index in [9.17, 15) is 4.79 Å². The summed E-state index contributed by atoms with van der Waals surface area (Å²) in [4.78, 5) is 13.4. The second kappa shape index (κ2) is 9.56. The van der Waals surface area contributed by atoms with Gasteiger partial charge in [-0.2, -0.15) is 0 Å². The maximum absolute atomic E-state index is 11.0. The molecule has 19 heavy (non-hydrogen) atoms. The number of hydrogen-bond acceptors (Lipinski definition) is 3. The number of nitrogens with zero attached hydrogens (tertiary/aromatic N) is 1. The SMILES string of the molecule is CCN(CCCCCC(=O)OC)Cc1ccccc1. The summed E-state index contributed by atoms with van der Waals surface area (Å²) in [5, 5.41) is 0. The zero-order valence-electron chi connectivity index (χ0n) is 12.1. The van der Waals surface area contributed by atoms with Crippen LogP contribution in [0.5, 0.6) is 0 Å². The van der Waals surface area contributed by atoms with Gasteiger partial charge in [-0.1, -0.05) is 43.7 Å². The molecule has 0 amide bonds. The zero-order valence-corrected chi connectivity index (χ0v) is 12.1. The molecule has 106 valence electrons. The van der Waals surface area contributed by atoms with Crippen LogP contribution in [0, 0.1) is 0 Å². The van der Waals surface area contributed by atoms with Crippen molar-refractivity contribution in [2.75, 3.05) is 20.2 Å². The first kappa shape index (κ1) is 15.7. The van der Waals surface area contributed by atoms with E-state index in [1.165, 1.54) is 12.7 Å². The van der Waals surface area contributed by atoms with Crippen LogP contribution in [0.4, 0.5) is 0 Å². The Bertz CT molecular complexity index is 351. The quantitative estimate of drug-likeness (QED) is 0.506. The maximum atomic E-state index is 11.0. The third-order valence-electron chi connectivity index (χ3n) is 3.28. The van der Waals surface area contributed by atoms with Crippen molar-refractivity contribution in [3.63, 3.8) is 0 Å². The first-order valence-corrected chi connectivity index (χ1v) is 7.09. The zero-order chi connectivity index (χ0) is 13.9. The number of ether oxygens (including phenoxy) is 1. The smallest absolute Gasteiger partial charge is 0.305 e. The number of rotatable bonds is 9. The highest BCUT2D eigenvalue weighted by Gasteiger charge is 2.04. The molecule has 1 aromatic rings. The number of esters is 1. The molecule has 0 saturated heterocycles. The molecule has 0 atom stereocenters. The molecule has 0 heterocycles. The molecule has 0 radical (unpaired) electrons. The molecule has 0 unspecified atom stereocenters. The highest BCUT2D eigenvalue weighted by Crippen LogP contribution is 2.07. The van der Waals surface area contributed by atoms with Crippen molar-refractivity contribution in [1.29, 1.82) is 0 Å². The number of benzene rings is 1. The second-order valence-corrected chi connectivity index (χ2v) is 4.74. The lowest BCUT2D eigenvalue weighted by Gasteiger charge is -2.20. The number of hydrogen-bond donors (Lipinski definition) is 0. The summed E-state index contributed by atoms with van der Waals surface area (Å²) in [5.74, 6) is -0.100. The number of carbonyl (C=O) groups is 1. The lowest BCUT2D eigenvalue weighted by molar-refractivity contribution is -0.140. The van der Waals surface area contributed by atoms with Gasteiger partial charge in [-0.25, -0.2) is 0 Å². The predicted octanol–water partition coefficient (Wildman–Crippen LogP) is 3.24. The first-order valence-electron chi connectivity index (χ1n) is 7.09. The van der Waals surface area contributed by atoms with Crippen LogP contribution in [0.25, 0.3) is 0 Å². The van der Waals surface area contributed by atoms with Crippen LogP contribution < -0.4 is 0 Å². The summed E-state index contributed by atoms with van der Waals surface area (Å²) in [6.07, 6.45) is 3.69. The van der Waals surface area contributed by atoms with Gasteiger partial charge in [0.2, 0.25) is 0 Å². The Balaban J connectivity index is 2.17. The predicted molar refractivity (Wildman–Crippen MR) is 77.9 cm³/mol. The van der Waals surface area contributed by atoms with Gasteiger partial charge < -0.3 is 4.74 Å². The molecule has 0 aliphatic heterocycles. The minimum absolute atomic E-state index is 0.100. The van der Waals surface area contributed by atoms with E-state index in [2.05, 4.69) is 40.8 Å². The van der Waals surface area contributed by atoms with Crippen LogP contribution in [-0.2, 0) is 16.1 Å². The van der Waals surface area contributed by atoms with E-state index in [1.54, 1.807) is 0 Å². The number of unbranched alkanes of at least 4 members (excludes halogenated alkanes) is 2. The largest absolute Gasteiger partial charge is 0.469 e. The van der Waals surface area contributed by atoms with E-state index in [4.69, 9.17) is 0 Å². The van der Waals surface area contributed by atoms with Crippen molar-refractivity contribution in [2.24, 2.45) is 0 Å². The van der Waals surface area contributed by atoms with E-state index in [-0.39, 0.29) is 5.97 Å². The molecule has 1 aromatic carbocycles. The fourth-order valence-corrected chi connectivity index (χ4v) is 2.07. The number of carbonyl (C=O) groups excluding carboxylic acids is 1. The normalized spacial score (nSPS) is 10.7. The standard InChI is InChI=1S/C16H25NO2/c1-3-17(14-15-10-6-4-7-11-15)13-9-5-8-12-16(18)19-2/h4,6-7,10-11H,3,5,8-9,12-14H2,1-2H3. The van der Waals surface area contributed by atoms with Gasteiger partial charge in [0.1, 0.15) is 0 Å². The van der Waals surface area contributed by atoms with Crippen molar-refractivity contribution in [1.82, 2.24) is 4.90 Å². The molecule has 0 spiro atoms. The Kier molecular flexibility index (Phi) is 7.91. The fraction of sp³-hybridized carbons (Fsp3) is 0.562. The number of methoxy groups -OCH3 is 1. The fourth-order valence-electron chi connectivity index (χ4n) is 2.07. The molecule has 0 aliphatic rings. The Morgan fingerprint density at radius 2 is 1.89 bits per heavy atom. The average Bonchev–Trinajstić information content (AvgIpc) is 2.46. The summed E-state index contributed by atoms with van der Waals surface area (Å²) in [6.45, 7) is 5.35. The topological polar surface area (TPSA) is 29.5 Å². The lowest BCUT2D eigenvalue weighted by atomic mass is 10.1. The van der Waals surface area contributed by atoms with E-state index in [0.29, 0.717) is 6.42 Å². The van der Waals surface area contributed by atoms with Gasteiger partial charge in [0, 0.05) is 13.0 Å². The third kappa shape index (κ3) is 6.97. The van der Waals surface area contributed by atoms with Crippen molar-refractivity contribution >= 4 is 5.97 Å². The van der Waals surface area contributed by atoms with Gasteiger partial charge in [0.05, 0.1) is 7.11 Å². The second-order valence-electron chi connectivity index (χ2n) is 4.74. The third-order valence-corrected chi connectivity index (χ3v) is 3.28. The molecule has 0 aliphatic carbocycles. The molecular formula is C16H25NO2. The van der Waals surface area contributed by atoms with Crippen LogP contribution >= 0.6 is 0 Å². The molecule has 0 aromatic heterocycles. The monoisotopic (exact) mass is 263 g/mol. The summed E-state index contributed by atoms with van der Waals surface area (Å²) in [5.41, 5.74) is 1.36. The Labute approximate surface area is 116 Å². The molecule has 0 N–H and O–H groups in total. The molecule has 0 fully saturated rings. The van der Waals surface area contributed by atoms with Crippen molar-refractivity contribution < 1.29 is 9.53 Å². The molecule has 0 bridgehead atoms. The van der Waals surface area contributed by atoms with Crippen molar-refractivity contribution in [3.05, 3.63) is 35.9 Å². The van der Waals surface area contributed by atoms with Crippen LogP contribution in [0.3, 0.4) is 0 Å². The summed E-state index contributed by atoms with van der Waals surface area (Å²) in [6, 6.07) is 10.5. The Morgan fingerprint density at radius 1 is 1.16 bits per heavy atom. The minimum atomic E-state index is -0.100. The molecule has 0 saturated carbocycles. The van der Waals surface area contributed by atoms with Crippen LogP contribution in [0.15, 0.2) is 30.3 Å². The summed E-state index contributed by atoms with van der Waals surface area (Å²) >= 11 is 0. The Hall–Kier alpha value is -1.35. The van der Waals surface area contributed by atoms with E-state index in [1.807, 2.05) is 6.07 Å². The lowest BCUT2D eigenvalue weighted by Crippen LogP contribution is -2.24. The molecule has 1 rings (SSSR count). The highest BCUT2D eigenvalue weighted by molar-refractivity contribution is 5.68. The van der Waals surface area contributed by atoms with Crippen molar-refractivity contribution in [3.8, 4) is 0 Å². The van der Waals surface area contributed by atoms with Crippen molar-refractivity contribution in [2.45, 2.75) is 39.2 Å². The molecular weight excluding hydrogens is 238 g/mol. The van der Waals surface area contributed by atoms with Crippen LogP contribution in [0.2, 0.25) is 0 Å². The van der Waals surface area contributed by atoms with Gasteiger partial charge in [0.15, 0.2) is 0 Å². The average molecular weight is 263 g/mol. The van der Waals surface area contributed by atoms with E-state index >= 15 is 0 Å². The highest BCUT2D eigenvalue weighted by atomic mass is 16.5. The summed E-state index contributed by atoms with van der Waals surface area (Å²) in [7, 11) is 1.45.